The Balaban J connectivity index is 1.90. The third-order valence-corrected chi connectivity index (χ3v) is 4.89. The minimum atomic E-state index is -1.06. The number of nitrogens with one attached hydrogen (secondary N) is 2. The number of aromatic nitrogens is 2. The Morgan fingerprint density at radius 2 is 1.96 bits per heavy atom. The van der Waals surface area contributed by atoms with Crippen LogP contribution in [0, 0.1) is 5.92 Å². The van der Waals surface area contributed by atoms with Crippen molar-refractivity contribution < 1.29 is 14.7 Å². The summed E-state index contributed by atoms with van der Waals surface area (Å²) >= 11 is 0. The number of amides is 1. The molecule has 1 amide bonds. The Morgan fingerprint density at radius 3 is 2.56 bits per heavy atom. The van der Waals surface area contributed by atoms with Crippen molar-refractivity contribution in [1.29, 1.82) is 0 Å². The van der Waals surface area contributed by atoms with E-state index in [9.17, 15) is 19.5 Å². The maximum Gasteiger partial charge on any atom is 0.326 e. The van der Waals surface area contributed by atoms with Crippen LogP contribution in [0.15, 0.2) is 23.0 Å². The molecule has 1 aliphatic rings. The summed E-state index contributed by atoms with van der Waals surface area (Å²) in [7, 11) is 0. The average molecular weight is 345 g/mol. The van der Waals surface area contributed by atoms with Crippen molar-refractivity contribution in [2.75, 3.05) is 0 Å². The third-order valence-electron chi connectivity index (χ3n) is 4.89. The molecule has 1 heterocycles. The molecule has 1 fully saturated rings. The Kier molecular flexibility index (Phi) is 4.65. The number of aromatic amines is 1. The first kappa shape index (κ1) is 17.3. The van der Waals surface area contributed by atoms with E-state index in [1.807, 2.05) is 0 Å². The average Bonchev–Trinajstić information content (AvgIpc) is 3.17. The smallest absolute Gasteiger partial charge is 0.326 e. The van der Waals surface area contributed by atoms with E-state index < -0.39 is 17.9 Å². The molecule has 3 N–H and O–H groups in total. The Hall–Kier alpha value is -2.57. The number of rotatable bonds is 5. The second kappa shape index (κ2) is 6.74. The zero-order chi connectivity index (χ0) is 18.1. The van der Waals surface area contributed by atoms with E-state index in [1.54, 1.807) is 36.6 Å². The normalized spacial score (nSPS) is 16.4. The zero-order valence-electron chi connectivity index (χ0n) is 14.4. The van der Waals surface area contributed by atoms with E-state index in [4.69, 9.17) is 0 Å². The Bertz CT molecular complexity index is 859. The number of hydrogen-bond donors (Lipinski definition) is 3. The van der Waals surface area contributed by atoms with Crippen LogP contribution in [0.5, 0.6) is 0 Å². The fourth-order valence-electron chi connectivity index (χ4n) is 3.54. The third kappa shape index (κ3) is 3.31. The zero-order valence-corrected chi connectivity index (χ0v) is 14.4. The number of H-pyrrole nitrogens is 1. The highest BCUT2D eigenvalue weighted by Gasteiger charge is 2.25. The second-order valence-electron chi connectivity index (χ2n) is 7.00. The number of aliphatic carboxylic acids is 1. The van der Waals surface area contributed by atoms with Crippen LogP contribution in [0.3, 0.4) is 0 Å². The van der Waals surface area contributed by atoms with Gasteiger partial charge in [-0.25, -0.2) is 9.59 Å². The summed E-state index contributed by atoms with van der Waals surface area (Å²) in [4.78, 5) is 38.7. The van der Waals surface area contributed by atoms with Gasteiger partial charge in [0.25, 0.3) is 5.91 Å². The number of hydrogen-bond acceptors (Lipinski definition) is 3. The van der Waals surface area contributed by atoms with Crippen molar-refractivity contribution in [3.63, 3.8) is 0 Å². The number of carboxylic acids is 1. The minimum Gasteiger partial charge on any atom is -0.480 e. The number of fused-ring (bicyclic) bond motifs is 1. The predicted octanol–water partition coefficient (Wildman–Crippen LogP) is 2.28. The summed E-state index contributed by atoms with van der Waals surface area (Å²) in [6, 6.07) is 4.25. The molecule has 0 spiro atoms. The molecule has 7 heteroatoms. The summed E-state index contributed by atoms with van der Waals surface area (Å²) in [5.74, 6) is -1.75. The molecule has 3 rings (SSSR count). The first-order valence-corrected chi connectivity index (χ1v) is 8.66. The Morgan fingerprint density at radius 1 is 1.28 bits per heavy atom. The molecule has 0 unspecified atom stereocenters. The fraction of sp³-hybridized carbons (Fsp3) is 0.500. The van der Waals surface area contributed by atoms with E-state index >= 15 is 0 Å². The van der Waals surface area contributed by atoms with E-state index in [0.29, 0.717) is 11.1 Å². The van der Waals surface area contributed by atoms with Crippen LogP contribution in [0.1, 0.15) is 55.9 Å². The lowest BCUT2D eigenvalue weighted by Crippen LogP contribution is -2.44. The molecule has 0 radical (unpaired) electrons. The van der Waals surface area contributed by atoms with Gasteiger partial charge in [0.15, 0.2) is 0 Å². The lowest BCUT2D eigenvalue weighted by Gasteiger charge is -2.18. The molecule has 7 nitrogen and oxygen atoms in total. The topological polar surface area (TPSA) is 104 Å². The molecule has 1 aliphatic carbocycles. The number of carboxylic acid groups (broad SMARTS) is 1. The van der Waals surface area contributed by atoms with Crippen LogP contribution in [0.2, 0.25) is 0 Å². The van der Waals surface area contributed by atoms with E-state index in [1.165, 1.54) is 0 Å². The molecule has 1 aromatic heterocycles. The van der Waals surface area contributed by atoms with Gasteiger partial charge in [-0.3, -0.25) is 9.36 Å². The van der Waals surface area contributed by atoms with E-state index in [2.05, 4.69) is 10.3 Å². The van der Waals surface area contributed by atoms with Crippen molar-refractivity contribution >= 4 is 22.9 Å². The van der Waals surface area contributed by atoms with Gasteiger partial charge in [-0.2, -0.15) is 0 Å². The van der Waals surface area contributed by atoms with Crippen molar-refractivity contribution in [3.8, 4) is 0 Å². The van der Waals surface area contributed by atoms with Gasteiger partial charge < -0.3 is 15.4 Å². The summed E-state index contributed by atoms with van der Waals surface area (Å²) in [6.45, 7) is 3.48. The molecule has 134 valence electrons. The SMILES string of the molecule is CC(C)[C@@H](NC(=O)c1ccc2c(c1)[nH]c(=O)n2C1CCCC1)C(=O)O. The van der Waals surface area contributed by atoms with Gasteiger partial charge in [-0.05, 0) is 37.0 Å². The van der Waals surface area contributed by atoms with Crippen LogP contribution in [0.25, 0.3) is 11.0 Å². The quantitative estimate of drug-likeness (QED) is 0.773. The summed E-state index contributed by atoms with van der Waals surface area (Å²) in [5, 5.41) is 11.7. The molecule has 2 aromatic rings. The van der Waals surface area contributed by atoms with Crippen molar-refractivity contribution in [1.82, 2.24) is 14.9 Å². The van der Waals surface area contributed by atoms with Crippen LogP contribution >= 0.6 is 0 Å². The molecule has 0 saturated heterocycles. The molecule has 0 aliphatic heterocycles. The van der Waals surface area contributed by atoms with Crippen LogP contribution in [-0.4, -0.2) is 32.6 Å². The van der Waals surface area contributed by atoms with Crippen molar-refractivity contribution in [3.05, 3.63) is 34.2 Å². The molecule has 25 heavy (non-hydrogen) atoms. The van der Waals surface area contributed by atoms with Gasteiger partial charge in [-0.15, -0.1) is 0 Å². The predicted molar refractivity (Wildman–Crippen MR) is 93.8 cm³/mol. The number of carbonyl (C=O) groups is 2. The van der Waals surface area contributed by atoms with Crippen LogP contribution in [-0.2, 0) is 4.79 Å². The first-order chi connectivity index (χ1) is 11.9. The van der Waals surface area contributed by atoms with E-state index in [-0.39, 0.29) is 17.6 Å². The van der Waals surface area contributed by atoms with Gasteiger partial charge in [0, 0.05) is 11.6 Å². The summed E-state index contributed by atoms with van der Waals surface area (Å²) in [5.41, 5.74) is 1.55. The molecule has 1 aromatic carbocycles. The first-order valence-electron chi connectivity index (χ1n) is 8.66. The fourth-order valence-corrected chi connectivity index (χ4v) is 3.54. The lowest BCUT2D eigenvalue weighted by atomic mass is 10.0. The monoisotopic (exact) mass is 345 g/mol. The molecular weight excluding hydrogens is 322 g/mol. The lowest BCUT2D eigenvalue weighted by molar-refractivity contribution is -0.140. The Labute approximate surface area is 145 Å². The molecule has 1 saturated carbocycles. The van der Waals surface area contributed by atoms with Gasteiger partial charge in [0.1, 0.15) is 6.04 Å². The highest BCUT2D eigenvalue weighted by molar-refractivity contribution is 5.99. The van der Waals surface area contributed by atoms with Crippen LogP contribution < -0.4 is 11.0 Å². The van der Waals surface area contributed by atoms with Gasteiger partial charge in [0.05, 0.1) is 11.0 Å². The van der Waals surface area contributed by atoms with Crippen LogP contribution in [0.4, 0.5) is 0 Å². The maximum atomic E-state index is 12.4. The van der Waals surface area contributed by atoms with Crippen molar-refractivity contribution in [2.24, 2.45) is 5.92 Å². The minimum absolute atomic E-state index is 0.162. The summed E-state index contributed by atoms with van der Waals surface area (Å²) in [6.07, 6.45) is 4.22. The van der Waals surface area contributed by atoms with Gasteiger partial charge in [-0.1, -0.05) is 26.7 Å². The maximum absolute atomic E-state index is 12.4. The number of nitrogens with zero attached hydrogens (tertiary/aromatic N) is 1. The molecule has 0 bridgehead atoms. The standard InChI is InChI=1S/C18H23N3O4/c1-10(2)15(17(23)24)20-16(22)11-7-8-14-13(9-11)19-18(25)21(14)12-5-3-4-6-12/h7-10,12,15H,3-6H2,1-2H3,(H,19,25)(H,20,22)(H,23,24)/t15-/m1/s1. The number of carbonyl (C=O) groups excluding carboxylic acids is 1. The highest BCUT2D eigenvalue weighted by Crippen LogP contribution is 2.30. The highest BCUT2D eigenvalue weighted by atomic mass is 16.4. The van der Waals surface area contributed by atoms with Crippen molar-refractivity contribution in [2.45, 2.75) is 51.6 Å². The van der Waals surface area contributed by atoms with Gasteiger partial charge in [0.2, 0.25) is 0 Å². The molecule has 1 atom stereocenters. The van der Waals surface area contributed by atoms with E-state index in [0.717, 1.165) is 31.2 Å². The summed E-state index contributed by atoms with van der Waals surface area (Å²) < 4.78 is 1.78. The molecular formula is C18H23N3O4. The van der Waals surface area contributed by atoms with Gasteiger partial charge >= 0.3 is 11.7 Å². The second-order valence-corrected chi connectivity index (χ2v) is 7.00. The largest absolute Gasteiger partial charge is 0.480 e. The number of imidazole rings is 1. The number of benzene rings is 1.